The Hall–Kier alpha value is -1.84. The first-order chi connectivity index (χ1) is 10.3. The van der Waals surface area contributed by atoms with Gasteiger partial charge in [-0.2, -0.15) is 0 Å². The van der Waals surface area contributed by atoms with Crippen molar-refractivity contribution in [2.45, 2.75) is 18.9 Å². The van der Waals surface area contributed by atoms with E-state index in [1.54, 1.807) is 7.11 Å². The van der Waals surface area contributed by atoms with Crippen LogP contribution in [0.4, 0.5) is 0 Å². The van der Waals surface area contributed by atoms with Gasteiger partial charge in [-0.3, -0.25) is 0 Å². The zero-order valence-electron chi connectivity index (χ0n) is 12.4. The van der Waals surface area contributed by atoms with Crippen LogP contribution < -0.4 is 4.74 Å². The number of rotatable bonds is 8. The summed E-state index contributed by atoms with van der Waals surface area (Å²) < 4.78 is 10.7. The zero-order valence-corrected chi connectivity index (χ0v) is 12.4. The molecule has 2 aromatic rings. The van der Waals surface area contributed by atoms with E-state index in [9.17, 15) is 5.11 Å². The standard InChI is InChI=1S/C18H22O3/c1-20-13-11-15-7-9-17(10-8-15)21-14-12-18(19)16-5-3-2-4-6-16/h2-10,18-19H,11-14H2,1H3. The second-order valence-electron chi connectivity index (χ2n) is 4.95. The van der Waals surface area contributed by atoms with Crippen LogP contribution in [0.2, 0.25) is 0 Å². The Morgan fingerprint density at radius 2 is 1.67 bits per heavy atom. The molecule has 0 saturated carbocycles. The fourth-order valence-corrected chi connectivity index (χ4v) is 2.10. The van der Waals surface area contributed by atoms with Crippen molar-refractivity contribution in [1.82, 2.24) is 0 Å². The van der Waals surface area contributed by atoms with Crippen LogP contribution >= 0.6 is 0 Å². The number of aliphatic hydroxyl groups excluding tert-OH is 1. The van der Waals surface area contributed by atoms with Gasteiger partial charge in [-0.05, 0) is 29.7 Å². The Kier molecular flexibility index (Phi) is 6.25. The van der Waals surface area contributed by atoms with Crippen LogP contribution in [0.1, 0.15) is 23.7 Å². The van der Waals surface area contributed by atoms with Crippen molar-refractivity contribution in [3.63, 3.8) is 0 Å². The molecule has 0 aliphatic rings. The topological polar surface area (TPSA) is 38.7 Å². The van der Waals surface area contributed by atoms with E-state index in [1.165, 1.54) is 5.56 Å². The van der Waals surface area contributed by atoms with Gasteiger partial charge in [-0.15, -0.1) is 0 Å². The molecule has 112 valence electrons. The Morgan fingerprint density at radius 3 is 2.33 bits per heavy atom. The SMILES string of the molecule is COCCc1ccc(OCCC(O)c2ccccc2)cc1. The van der Waals surface area contributed by atoms with E-state index in [1.807, 2.05) is 54.6 Å². The van der Waals surface area contributed by atoms with Crippen molar-refractivity contribution in [2.24, 2.45) is 0 Å². The van der Waals surface area contributed by atoms with Crippen LogP contribution in [-0.2, 0) is 11.2 Å². The van der Waals surface area contributed by atoms with E-state index >= 15 is 0 Å². The predicted molar refractivity (Wildman–Crippen MR) is 83.5 cm³/mol. The molecular formula is C18H22O3. The molecule has 0 radical (unpaired) electrons. The summed E-state index contributed by atoms with van der Waals surface area (Å²) in [7, 11) is 1.70. The maximum atomic E-state index is 10.0. The van der Waals surface area contributed by atoms with Gasteiger partial charge in [0.2, 0.25) is 0 Å². The fraction of sp³-hybridized carbons (Fsp3) is 0.333. The van der Waals surface area contributed by atoms with Gasteiger partial charge in [0.05, 0.1) is 19.3 Å². The number of hydrogen-bond acceptors (Lipinski definition) is 3. The lowest BCUT2D eigenvalue weighted by Gasteiger charge is -2.12. The number of hydrogen-bond donors (Lipinski definition) is 1. The normalized spacial score (nSPS) is 12.1. The smallest absolute Gasteiger partial charge is 0.119 e. The molecule has 0 saturated heterocycles. The molecule has 3 heteroatoms. The molecule has 0 amide bonds. The molecule has 1 N–H and O–H groups in total. The maximum absolute atomic E-state index is 10.0. The Bertz CT molecular complexity index is 508. The average Bonchev–Trinajstić information content (AvgIpc) is 2.55. The average molecular weight is 286 g/mol. The van der Waals surface area contributed by atoms with Crippen molar-refractivity contribution in [3.05, 3.63) is 65.7 Å². The minimum atomic E-state index is -0.479. The van der Waals surface area contributed by atoms with Gasteiger partial charge >= 0.3 is 0 Å². The van der Waals surface area contributed by atoms with Crippen LogP contribution in [0.5, 0.6) is 5.75 Å². The third-order valence-electron chi connectivity index (χ3n) is 3.36. The zero-order chi connectivity index (χ0) is 14.9. The molecule has 0 spiro atoms. The number of methoxy groups -OCH3 is 1. The molecule has 0 aliphatic heterocycles. The lowest BCUT2D eigenvalue weighted by atomic mass is 10.1. The van der Waals surface area contributed by atoms with Crippen molar-refractivity contribution >= 4 is 0 Å². The minimum absolute atomic E-state index is 0.479. The Morgan fingerprint density at radius 1 is 0.952 bits per heavy atom. The summed E-state index contributed by atoms with van der Waals surface area (Å²) in [6.07, 6.45) is 1.01. The molecule has 2 rings (SSSR count). The first kappa shape index (κ1) is 15.5. The molecule has 2 aromatic carbocycles. The molecule has 0 aliphatic carbocycles. The Balaban J connectivity index is 1.75. The van der Waals surface area contributed by atoms with Gasteiger partial charge in [-0.25, -0.2) is 0 Å². The predicted octanol–water partition coefficient (Wildman–Crippen LogP) is 3.38. The third kappa shape index (κ3) is 5.21. The van der Waals surface area contributed by atoms with Gasteiger partial charge in [0.15, 0.2) is 0 Å². The van der Waals surface area contributed by atoms with Gasteiger partial charge in [-0.1, -0.05) is 42.5 Å². The summed E-state index contributed by atoms with van der Waals surface area (Å²) >= 11 is 0. The van der Waals surface area contributed by atoms with Crippen LogP contribution in [0, 0.1) is 0 Å². The van der Waals surface area contributed by atoms with Crippen LogP contribution in [-0.4, -0.2) is 25.4 Å². The Labute approximate surface area is 126 Å². The van der Waals surface area contributed by atoms with Crippen LogP contribution in [0.3, 0.4) is 0 Å². The van der Waals surface area contributed by atoms with Gasteiger partial charge in [0, 0.05) is 13.5 Å². The van der Waals surface area contributed by atoms with E-state index in [0.717, 1.165) is 24.3 Å². The highest BCUT2D eigenvalue weighted by atomic mass is 16.5. The van der Waals surface area contributed by atoms with Crippen LogP contribution in [0.15, 0.2) is 54.6 Å². The monoisotopic (exact) mass is 286 g/mol. The van der Waals surface area contributed by atoms with E-state index in [2.05, 4.69) is 0 Å². The summed E-state index contributed by atoms with van der Waals surface area (Å²) in [6, 6.07) is 17.7. The first-order valence-electron chi connectivity index (χ1n) is 7.23. The highest BCUT2D eigenvalue weighted by molar-refractivity contribution is 5.27. The van der Waals surface area contributed by atoms with E-state index in [4.69, 9.17) is 9.47 Å². The highest BCUT2D eigenvalue weighted by Crippen LogP contribution is 2.18. The van der Waals surface area contributed by atoms with E-state index < -0.39 is 6.10 Å². The number of aliphatic hydroxyl groups is 1. The van der Waals surface area contributed by atoms with Crippen molar-refractivity contribution in [3.8, 4) is 5.75 Å². The summed E-state index contributed by atoms with van der Waals surface area (Å²) in [5.74, 6) is 0.830. The second-order valence-corrected chi connectivity index (χ2v) is 4.95. The number of ether oxygens (including phenoxy) is 2. The summed E-state index contributed by atoms with van der Waals surface area (Å²) in [5.41, 5.74) is 2.16. The molecule has 0 heterocycles. The van der Waals surface area contributed by atoms with Crippen molar-refractivity contribution < 1.29 is 14.6 Å². The van der Waals surface area contributed by atoms with Crippen molar-refractivity contribution in [1.29, 1.82) is 0 Å². The number of benzene rings is 2. The van der Waals surface area contributed by atoms with Crippen molar-refractivity contribution in [2.75, 3.05) is 20.3 Å². The van der Waals surface area contributed by atoms with Crippen LogP contribution in [0.25, 0.3) is 0 Å². The van der Waals surface area contributed by atoms with Gasteiger partial charge in [0.25, 0.3) is 0 Å². The summed E-state index contributed by atoms with van der Waals surface area (Å²) in [5, 5.41) is 10.0. The lowest BCUT2D eigenvalue weighted by molar-refractivity contribution is 0.141. The molecular weight excluding hydrogens is 264 g/mol. The van der Waals surface area contributed by atoms with Gasteiger partial charge in [0.1, 0.15) is 5.75 Å². The third-order valence-corrected chi connectivity index (χ3v) is 3.36. The molecule has 1 atom stereocenters. The van der Waals surface area contributed by atoms with E-state index in [-0.39, 0.29) is 0 Å². The largest absolute Gasteiger partial charge is 0.493 e. The molecule has 0 aromatic heterocycles. The van der Waals surface area contributed by atoms with Gasteiger partial charge < -0.3 is 14.6 Å². The quantitative estimate of drug-likeness (QED) is 0.808. The molecule has 21 heavy (non-hydrogen) atoms. The molecule has 3 nitrogen and oxygen atoms in total. The highest BCUT2D eigenvalue weighted by Gasteiger charge is 2.06. The molecule has 1 unspecified atom stereocenters. The molecule has 0 fully saturated rings. The minimum Gasteiger partial charge on any atom is -0.493 e. The second kappa shape index (κ2) is 8.45. The first-order valence-corrected chi connectivity index (χ1v) is 7.23. The van der Waals surface area contributed by atoms with E-state index in [0.29, 0.717) is 13.0 Å². The summed E-state index contributed by atoms with van der Waals surface area (Å²) in [6.45, 7) is 1.22. The summed E-state index contributed by atoms with van der Waals surface area (Å²) in [4.78, 5) is 0. The maximum Gasteiger partial charge on any atom is 0.119 e. The fourth-order valence-electron chi connectivity index (χ4n) is 2.10. The lowest BCUT2D eigenvalue weighted by Crippen LogP contribution is -2.05. The molecule has 0 bridgehead atoms.